The van der Waals surface area contributed by atoms with Crippen molar-refractivity contribution in [1.29, 1.82) is 0 Å². The predicted octanol–water partition coefficient (Wildman–Crippen LogP) is -0.874. The monoisotopic (exact) mass is 215 g/mol. The fourth-order valence-corrected chi connectivity index (χ4v) is 0.285. The lowest BCUT2D eigenvalue weighted by atomic mass is 10.1. The summed E-state index contributed by atoms with van der Waals surface area (Å²) in [5.41, 5.74) is 5.16. The molecule has 8 heteroatoms. The number of phosphoric acid groups is 1. The molecule has 0 aromatic rings. The van der Waals surface area contributed by atoms with Gasteiger partial charge in [0.25, 0.3) is 0 Å². The maximum absolute atomic E-state index is 10.0. The van der Waals surface area contributed by atoms with Crippen LogP contribution in [0, 0.1) is 5.92 Å². The Morgan fingerprint density at radius 1 is 1.31 bits per heavy atom. The summed E-state index contributed by atoms with van der Waals surface area (Å²) in [6, 6.07) is -0.713. The van der Waals surface area contributed by atoms with Crippen molar-refractivity contribution in [2.45, 2.75) is 19.9 Å². The van der Waals surface area contributed by atoms with Crippen LogP contribution in [-0.4, -0.2) is 31.8 Å². The number of aliphatic carboxylic acids is 1. The predicted molar refractivity (Wildman–Crippen MR) is 44.7 cm³/mol. The molecule has 0 radical (unpaired) electrons. The topological polar surface area (TPSA) is 141 Å². The average Bonchev–Trinajstić information content (AvgIpc) is 1.81. The van der Waals surface area contributed by atoms with Gasteiger partial charge in [-0.1, -0.05) is 13.8 Å². The van der Waals surface area contributed by atoms with E-state index in [0.717, 1.165) is 0 Å². The molecule has 0 aliphatic rings. The Morgan fingerprint density at radius 2 is 1.54 bits per heavy atom. The lowest BCUT2D eigenvalue weighted by molar-refractivity contribution is -0.139. The van der Waals surface area contributed by atoms with Crippen molar-refractivity contribution in [2.75, 3.05) is 0 Å². The molecule has 0 unspecified atom stereocenters. The van der Waals surface area contributed by atoms with Gasteiger partial charge < -0.3 is 25.5 Å². The van der Waals surface area contributed by atoms with E-state index in [2.05, 4.69) is 0 Å². The van der Waals surface area contributed by atoms with Crippen molar-refractivity contribution in [1.82, 2.24) is 0 Å². The molecule has 0 aromatic heterocycles. The van der Waals surface area contributed by atoms with Gasteiger partial charge in [0.15, 0.2) is 0 Å². The van der Waals surface area contributed by atoms with Crippen LogP contribution < -0.4 is 5.73 Å². The van der Waals surface area contributed by atoms with Crippen molar-refractivity contribution in [3.05, 3.63) is 0 Å². The smallest absolute Gasteiger partial charge is 0.466 e. The second-order valence-corrected chi connectivity index (χ2v) is 3.65. The van der Waals surface area contributed by atoms with Gasteiger partial charge in [-0.2, -0.15) is 0 Å². The van der Waals surface area contributed by atoms with Crippen LogP contribution in [0.1, 0.15) is 13.8 Å². The SMILES string of the molecule is CC(C)[C@H](N)C(=O)O.O=P(O)(O)O. The first-order valence-corrected chi connectivity index (χ1v) is 4.89. The fourth-order valence-electron chi connectivity index (χ4n) is 0.285. The molecule has 0 aliphatic carbocycles. The summed E-state index contributed by atoms with van der Waals surface area (Å²) in [7, 11) is -4.64. The molecule has 80 valence electrons. The number of rotatable bonds is 2. The Kier molecular flexibility index (Phi) is 7.01. The first-order valence-electron chi connectivity index (χ1n) is 3.32. The zero-order chi connectivity index (χ0) is 11.2. The molecule has 0 heterocycles. The zero-order valence-electron chi connectivity index (χ0n) is 7.28. The minimum absolute atomic E-state index is 0.0208. The molecule has 0 aromatic carbocycles. The average molecular weight is 215 g/mol. The third-order valence-corrected chi connectivity index (χ3v) is 1.00. The summed E-state index contributed by atoms with van der Waals surface area (Å²) in [6.45, 7) is 3.55. The fraction of sp³-hybridized carbons (Fsp3) is 0.800. The molecule has 7 nitrogen and oxygen atoms in total. The molecule has 0 aliphatic heterocycles. The summed E-state index contributed by atoms with van der Waals surface area (Å²) in [5.74, 6) is -0.910. The maximum atomic E-state index is 10.0. The molecular formula is C5H14NO6P. The van der Waals surface area contributed by atoms with Crippen LogP contribution in [0.3, 0.4) is 0 Å². The van der Waals surface area contributed by atoms with Crippen molar-refractivity contribution in [2.24, 2.45) is 11.7 Å². The van der Waals surface area contributed by atoms with E-state index in [0.29, 0.717) is 0 Å². The number of hydrogen-bond acceptors (Lipinski definition) is 3. The highest BCUT2D eigenvalue weighted by Crippen LogP contribution is 2.25. The van der Waals surface area contributed by atoms with Crippen LogP contribution in [0.5, 0.6) is 0 Å². The van der Waals surface area contributed by atoms with Gasteiger partial charge in [-0.15, -0.1) is 0 Å². The minimum Gasteiger partial charge on any atom is -0.480 e. The van der Waals surface area contributed by atoms with Crippen molar-refractivity contribution >= 4 is 13.8 Å². The van der Waals surface area contributed by atoms with Gasteiger partial charge in [-0.05, 0) is 5.92 Å². The van der Waals surface area contributed by atoms with Crippen molar-refractivity contribution in [3.8, 4) is 0 Å². The first-order chi connectivity index (χ1) is 5.55. The number of carboxylic acid groups (broad SMARTS) is 1. The van der Waals surface area contributed by atoms with Crippen LogP contribution in [0.15, 0.2) is 0 Å². The standard InChI is InChI=1S/C5H11NO2.H3O4P/c1-3(2)4(6)5(7)8;1-5(2,3)4/h3-4H,6H2,1-2H3,(H,7,8);(H3,1,2,3,4)/t4-;/m0./s1. The number of carboxylic acids is 1. The summed E-state index contributed by atoms with van der Waals surface area (Å²) in [4.78, 5) is 31.6. The molecule has 0 bridgehead atoms. The van der Waals surface area contributed by atoms with E-state index < -0.39 is 19.8 Å². The van der Waals surface area contributed by atoms with Crippen LogP contribution in [0.2, 0.25) is 0 Å². The zero-order valence-corrected chi connectivity index (χ0v) is 8.18. The molecular weight excluding hydrogens is 201 g/mol. The Morgan fingerprint density at radius 3 is 1.54 bits per heavy atom. The van der Waals surface area contributed by atoms with Gasteiger partial charge in [0.1, 0.15) is 6.04 Å². The maximum Gasteiger partial charge on any atom is 0.466 e. The van der Waals surface area contributed by atoms with Crippen LogP contribution >= 0.6 is 7.82 Å². The number of carbonyl (C=O) groups is 1. The molecule has 13 heavy (non-hydrogen) atoms. The van der Waals surface area contributed by atoms with Gasteiger partial charge in [0.05, 0.1) is 0 Å². The molecule has 0 saturated carbocycles. The normalized spacial score (nSPS) is 13.2. The number of nitrogens with two attached hydrogens (primary N) is 1. The minimum atomic E-state index is -4.64. The summed E-state index contributed by atoms with van der Waals surface area (Å²) < 4.78 is 8.88. The summed E-state index contributed by atoms with van der Waals surface area (Å²) in [5, 5.41) is 8.23. The van der Waals surface area contributed by atoms with E-state index in [-0.39, 0.29) is 5.92 Å². The summed E-state index contributed by atoms with van der Waals surface area (Å²) >= 11 is 0. The Labute approximate surface area is 75.4 Å². The molecule has 1 atom stereocenters. The van der Waals surface area contributed by atoms with Crippen LogP contribution in [0.4, 0.5) is 0 Å². The van der Waals surface area contributed by atoms with E-state index in [1.165, 1.54) is 0 Å². The van der Waals surface area contributed by atoms with E-state index in [1.807, 2.05) is 0 Å². The first kappa shape index (κ1) is 15.0. The van der Waals surface area contributed by atoms with Crippen molar-refractivity contribution < 1.29 is 29.1 Å². The van der Waals surface area contributed by atoms with E-state index in [9.17, 15) is 4.79 Å². The Balaban J connectivity index is 0. The molecule has 0 fully saturated rings. The highest BCUT2D eigenvalue weighted by atomic mass is 31.2. The lowest BCUT2D eigenvalue weighted by Crippen LogP contribution is -2.34. The highest BCUT2D eigenvalue weighted by Gasteiger charge is 2.14. The molecule has 0 rings (SSSR count). The van der Waals surface area contributed by atoms with E-state index >= 15 is 0 Å². The van der Waals surface area contributed by atoms with E-state index in [4.69, 9.17) is 30.1 Å². The van der Waals surface area contributed by atoms with Crippen LogP contribution in [0.25, 0.3) is 0 Å². The number of hydrogen-bond donors (Lipinski definition) is 5. The molecule has 6 N–H and O–H groups in total. The van der Waals surface area contributed by atoms with Gasteiger partial charge in [-0.25, -0.2) is 4.57 Å². The van der Waals surface area contributed by atoms with Gasteiger partial charge >= 0.3 is 13.8 Å². The Hall–Kier alpha value is -0.460. The lowest BCUT2D eigenvalue weighted by Gasteiger charge is -2.07. The largest absolute Gasteiger partial charge is 0.480 e. The highest BCUT2D eigenvalue weighted by molar-refractivity contribution is 7.45. The van der Waals surface area contributed by atoms with Gasteiger partial charge in [0, 0.05) is 0 Å². The summed E-state index contributed by atoms with van der Waals surface area (Å²) in [6.07, 6.45) is 0. The third-order valence-electron chi connectivity index (χ3n) is 1.00. The molecule has 0 amide bonds. The van der Waals surface area contributed by atoms with E-state index in [1.54, 1.807) is 13.8 Å². The van der Waals surface area contributed by atoms with Gasteiger partial charge in [-0.3, -0.25) is 4.79 Å². The Bertz CT molecular complexity index is 191. The second-order valence-electron chi connectivity index (χ2n) is 2.62. The van der Waals surface area contributed by atoms with Crippen LogP contribution in [-0.2, 0) is 9.36 Å². The van der Waals surface area contributed by atoms with Gasteiger partial charge in [0.2, 0.25) is 0 Å². The third kappa shape index (κ3) is 18.5. The molecule has 0 saturated heterocycles. The molecule has 0 spiro atoms. The second kappa shape index (κ2) is 6.06. The van der Waals surface area contributed by atoms with Crippen molar-refractivity contribution in [3.63, 3.8) is 0 Å². The quantitative estimate of drug-likeness (QED) is 0.377.